The molecule has 0 bridgehead atoms. The quantitative estimate of drug-likeness (QED) is 0.820. The van der Waals surface area contributed by atoms with E-state index in [4.69, 9.17) is 9.84 Å². The molecule has 1 heterocycles. The van der Waals surface area contributed by atoms with Gasteiger partial charge in [0.25, 0.3) is 0 Å². The predicted molar refractivity (Wildman–Crippen MR) is 79.0 cm³/mol. The molecule has 22 heavy (non-hydrogen) atoms. The highest BCUT2D eigenvalue weighted by Crippen LogP contribution is 2.19. The molecule has 1 aromatic heterocycles. The van der Waals surface area contributed by atoms with E-state index in [1.54, 1.807) is 24.4 Å². The molecule has 0 saturated heterocycles. The van der Waals surface area contributed by atoms with Crippen LogP contribution in [0.25, 0.3) is 11.3 Å². The van der Waals surface area contributed by atoms with E-state index in [2.05, 4.69) is 9.97 Å². The Hall–Kier alpha value is -2.96. The molecule has 0 spiro atoms. The van der Waals surface area contributed by atoms with Gasteiger partial charge in [0.05, 0.1) is 24.6 Å². The molecule has 1 N–H and O–H groups in total. The Kier molecular flexibility index (Phi) is 5.02. The summed E-state index contributed by atoms with van der Waals surface area (Å²) in [6.07, 6.45) is 2.77. The number of amides is 1. The lowest BCUT2D eigenvalue weighted by Crippen LogP contribution is -2.29. The fraction of sp³-hybridized carbons (Fsp3) is 0.200. The summed E-state index contributed by atoms with van der Waals surface area (Å²) in [7, 11) is 1.46. The Balaban J connectivity index is 2.06. The average Bonchev–Trinajstić information content (AvgIpc) is 2.55. The zero-order valence-electron chi connectivity index (χ0n) is 12.0. The highest BCUT2D eigenvalue weighted by molar-refractivity contribution is 5.78. The fourth-order valence-electron chi connectivity index (χ4n) is 1.71. The van der Waals surface area contributed by atoms with Crippen molar-refractivity contribution in [3.8, 4) is 17.1 Å². The van der Waals surface area contributed by atoms with Gasteiger partial charge < -0.3 is 14.7 Å². The van der Waals surface area contributed by atoms with E-state index in [1.165, 1.54) is 13.2 Å². The zero-order valence-corrected chi connectivity index (χ0v) is 12.0. The van der Waals surface area contributed by atoms with E-state index in [0.717, 1.165) is 16.7 Å². The van der Waals surface area contributed by atoms with Crippen LogP contribution in [0.15, 0.2) is 36.7 Å². The minimum Gasteiger partial charge on any atom is -0.475 e. The fourth-order valence-corrected chi connectivity index (χ4v) is 1.71. The summed E-state index contributed by atoms with van der Waals surface area (Å²) in [6, 6.07) is 6.99. The number of carbonyl (C=O) groups excluding carboxylic acids is 1. The lowest BCUT2D eigenvalue weighted by atomic mass is 10.1. The summed E-state index contributed by atoms with van der Waals surface area (Å²) in [5.41, 5.74) is 1.88. The van der Waals surface area contributed by atoms with Gasteiger partial charge in [0.15, 0.2) is 0 Å². The summed E-state index contributed by atoms with van der Waals surface area (Å²) in [5.74, 6) is 0.299. The third-order valence-corrected chi connectivity index (χ3v) is 2.93. The van der Waals surface area contributed by atoms with Gasteiger partial charge in [-0.2, -0.15) is 0 Å². The Morgan fingerprint density at radius 1 is 1.41 bits per heavy atom. The summed E-state index contributed by atoms with van der Waals surface area (Å²) < 4.78 is 5.40. The maximum absolute atomic E-state index is 10.8. The molecule has 7 nitrogen and oxygen atoms in total. The van der Waals surface area contributed by atoms with Crippen LogP contribution in [0.2, 0.25) is 0 Å². The Morgan fingerprint density at radius 3 is 2.95 bits per heavy atom. The van der Waals surface area contributed by atoms with Crippen molar-refractivity contribution < 1.29 is 19.4 Å². The smallest absolute Gasteiger partial charge is 0.407 e. The van der Waals surface area contributed by atoms with Crippen molar-refractivity contribution in [1.29, 1.82) is 0 Å². The molecule has 1 aromatic carbocycles. The first-order valence-corrected chi connectivity index (χ1v) is 6.54. The second-order valence-electron chi connectivity index (χ2n) is 4.54. The first kappa shape index (κ1) is 15.4. The van der Waals surface area contributed by atoms with Crippen molar-refractivity contribution in [3.05, 3.63) is 42.2 Å². The molecule has 0 atom stereocenters. The van der Waals surface area contributed by atoms with Gasteiger partial charge in [0, 0.05) is 18.2 Å². The lowest BCUT2D eigenvalue weighted by molar-refractivity contribution is 0.112. The van der Waals surface area contributed by atoms with Gasteiger partial charge in [0.2, 0.25) is 5.88 Å². The van der Waals surface area contributed by atoms with E-state index < -0.39 is 6.09 Å². The molecule has 0 aliphatic heterocycles. The van der Waals surface area contributed by atoms with Crippen LogP contribution in [0.3, 0.4) is 0 Å². The molecule has 7 heteroatoms. The second-order valence-corrected chi connectivity index (χ2v) is 4.54. The van der Waals surface area contributed by atoms with E-state index >= 15 is 0 Å². The number of hydrogen-bond donors (Lipinski definition) is 1. The summed E-state index contributed by atoms with van der Waals surface area (Å²) in [5, 5.41) is 8.74. The molecule has 0 unspecified atom stereocenters. The predicted octanol–water partition coefficient (Wildman–Crippen LogP) is 1.94. The molecule has 0 aliphatic carbocycles. The van der Waals surface area contributed by atoms with Crippen LogP contribution >= 0.6 is 0 Å². The second kappa shape index (κ2) is 7.16. The van der Waals surface area contributed by atoms with Crippen molar-refractivity contribution in [2.75, 3.05) is 20.2 Å². The number of likely N-dealkylation sites (N-methyl/N-ethyl adjacent to an activating group) is 1. The van der Waals surface area contributed by atoms with Gasteiger partial charge in [-0.3, -0.25) is 9.78 Å². The molecule has 2 rings (SSSR count). The van der Waals surface area contributed by atoms with Crippen LogP contribution in [0.1, 0.15) is 10.4 Å². The average molecular weight is 301 g/mol. The van der Waals surface area contributed by atoms with Crippen molar-refractivity contribution in [3.63, 3.8) is 0 Å². The van der Waals surface area contributed by atoms with Gasteiger partial charge in [-0.05, 0) is 6.07 Å². The van der Waals surface area contributed by atoms with Crippen molar-refractivity contribution in [2.45, 2.75) is 0 Å². The van der Waals surface area contributed by atoms with Crippen LogP contribution in [0.4, 0.5) is 4.79 Å². The minimum atomic E-state index is -1.02. The van der Waals surface area contributed by atoms with Gasteiger partial charge in [-0.15, -0.1) is 0 Å². The maximum atomic E-state index is 10.8. The molecule has 114 valence electrons. The highest BCUT2D eigenvalue weighted by Gasteiger charge is 2.07. The number of ether oxygens (including phenoxy) is 1. The number of aromatic nitrogens is 2. The molecular formula is C15H15N3O4. The van der Waals surface area contributed by atoms with Crippen molar-refractivity contribution in [1.82, 2.24) is 14.9 Å². The van der Waals surface area contributed by atoms with Crippen LogP contribution in [0, 0.1) is 0 Å². The van der Waals surface area contributed by atoms with Gasteiger partial charge in [0.1, 0.15) is 12.9 Å². The normalized spacial score (nSPS) is 10.0. The van der Waals surface area contributed by atoms with Crippen LogP contribution in [0.5, 0.6) is 5.88 Å². The van der Waals surface area contributed by atoms with Gasteiger partial charge in [-0.25, -0.2) is 9.78 Å². The van der Waals surface area contributed by atoms with Crippen molar-refractivity contribution in [2.24, 2.45) is 0 Å². The highest BCUT2D eigenvalue weighted by atomic mass is 16.5. The zero-order chi connectivity index (χ0) is 15.9. The van der Waals surface area contributed by atoms with E-state index in [1.807, 2.05) is 6.07 Å². The van der Waals surface area contributed by atoms with E-state index in [9.17, 15) is 9.59 Å². The molecule has 0 fully saturated rings. The third-order valence-electron chi connectivity index (χ3n) is 2.93. The molecule has 0 saturated carbocycles. The number of carbonyl (C=O) groups is 2. The largest absolute Gasteiger partial charge is 0.475 e. The van der Waals surface area contributed by atoms with Crippen LogP contribution < -0.4 is 4.74 Å². The first-order valence-electron chi connectivity index (χ1n) is 6.54. The molecule has 1 amide bonds. The Labute approximate surface area is 127 Å². The lowest BCUT2D eigenvalue weighted by Gasteiger charge is -2.13. The number of nitrogens with zero attached hydrogens (tertiary/aromatic N) is 3. The minimum absolute atomic E-state index is 0.176. The number of rotatable bonds is 6. The number of carboxylic acid groups (broad SMARTS) is 1. The standard InChI is InChI=1S/C15H15N3O4/c1-18(15(20)21)5-6-22-14-9-16-8-13(17-14)12-4-2-3-11(7-12)10-19/h2-4,7-10H,5-6H2,1H3,(H,20,21). The Bertz CT molecular complexity index is 675. The van der Waals surface area contributed by atoms with Crippen molar-refractivity contribution >= 4 is 12.4 Å². The van der Waals surface area contributed by atoms with E-state index in [0.29, 0.717) is 17.1 Å². The van der Waals surface area contributed by atoms with Gasteiger partial charge >= 0.3 is 6.09 Å². The molecule has 0 radical (unpaired) electrons. The summed E-state index contributed by atoms with van der Waals surface area (Å²) >= 11 is 0. The summed E-state index contributed by atoms with van der Waals surface area (Å²) in [4.78, 5) is 30.9. The Morgan fingerprint density at radius 2 is 2.23 bits per heavy atom. The van der Waals surface area contributed by atoms with Crippen LogP contribution in [-0.2, 0) is 0 Å². The first-order chi connectivity index (χ1) is 10.6. The molecular weight excluding hydrogens is 286 g/mol. The molecule has 0 aliphatic rings. The topological polar surface area (TPSA) is 92.6 Å². The number of aldehydes is 1. The van der Waals surface area contributed by atoms with Crippen LogP contribution in [-0.4, -0.2) is 52.6 Å². The summed E-state index contributed by atoms with van der Waals surface area (Å²) in [6.45, 7) is 0.400. The monoisotopic (exact) mass is 301 g/mol. The molecule has 2 aromatic rings. The number of hydrogen-bond acceptors (Lipinski definition) is 5. The van der Waals surface area contributed by atoms with Gasteiger partial charge in [-0.1, -0.05) is 18.2 Å². The number of benzene rings is 1. The van der Waals surface area contributed by atoms with E-state index in [-0.39, 0.29) is 13.2 Å². The SMILES string of the molecule is CN(CCOc1cncc(-c2cccc(C=O)c2)n1)C(=O)O. The third kappa shape index (κ3) is 4.02. The maximum Gasteiger partial charge on any atom is 0.407 e.